The summed E-state index contributed by atoms with van der Waals surface area (Å²) >= 11 is 1.31. The van der Waals surface area contributed by atoms with E-state index < -0.39 is 0 Å². The Hall–Kier alpha value is -2.02. The van der Waals surface area contributed by atoms with Gasteiger partial charge in [-0.1, -0.05) is 49.6 Å². The third kappa shape index (κ3) is 5.99. The molecular weight excluding hydrogens is 362 g/mol. The number of amides is 1. The SMILES string of the molecule is COc1ccc(Cc2nnc(S[C@@H](C)C(=O)NC3CCCCCC3)o2)cc1. The minimum atomic E-state index is -0.262. The summed E-state index contributed by atoms with van der Waals surface area (Å²) in [6, 6.07) is 8.05. The quantitative estimate of drug-likeness (QED) is 0.570. The largest absolute Gasteiger partial charge is 0.497 e. The van der Waals surface area contributed by atoms with Crippen LogP contribution in [-0.4, -0.2) is 34.5 Å². The molecule has 1 N–H and O–H groups in total. The molecule has 1 heterocycles. The van der Waals surface area contributed by atoms with E-state index in [0.717, 1.165) is 24.2 Å². The molecule has 1 fully saturated rings. The summed E-state index contributed by atoms with van der Waals surface area (Å²) in [7, 11) is 1.64. The Morgan fingerprint density at radius 3 is 2.59 bits per heavy atom. The molecule has 0 bridgehead atoms. The Bertz CT molecular complexity index is 724. The predicted molar refractivity (Wildman–Crippen MR) is 105 cm³/mol. The van der Waals surface area contributed by atoms with Crippen LogP contribution < -0.4 is 10.1 Å². The highest BCUT2D eigenvalue weighted by Crippen LogP contribution is 2.24. The van der Waals surface area contributed by atoms with Crippen molar-refractivity contribution in [1.82, 2.24) is 15.5 Å². The van der Waals surface area contributed by atoms with E-state index in [1.54, 1.807) is 7.11 Å². The van der Waals surface area contributed by atoms with E-state index >= 15 is 0 Å². The van der Waals surface area contributed by atoms with Gasteiger partial charge in [0.25, 0.3) is 5.22 Å². The van der Waals surface area contributed by atoms with Gasteiger partial charge in [0.2, 0.25) is 11.8 Å². The van der Waals surface area contributed by atoms with Crippen LogP contribution in [0.2, 0.25) is 0 Å². The first-order valence-electron chi connectivity index (χ1n) is 9.56. The van der Waals surface area contributed by atoms with Crippen LogP contribution in [0, 0.1) is 0 Å². The number of ether oxygens (including phenoxy) is 1. The number of aromatic nitrogens is 2. The lowest BCUT2D eigenvalue weighted by molar-refractivity contribution is -0.121. The summed E-state index contributed by atoms with van der Waals surface area (Å²) in [6.07, 6.45) is 7.66. The zero-order chi connectivity index (χ0) is 19.1. The van der Waals surface area contributed by atoms with Gasteiger partial charge < -0.3 is 14.5 Å². The number of thioether (sulfide) groups is 1. The Morgan fingerprint density at radius 2 is 1.93 bits per heavy atom. The summed E-state index contributed by atoms with van der Waals surface area (Å²) in [5.41, 5.74) is 1.06. The van der Waals surface area contributed by atoms with Gasteiger partial charge in [0.05, 0.1) is 18.8 Å². The predicted octanol–water partition coefficient (Wildman–Crippen LogP) is 3.99. The molecule has 0 aliphatic heterocycles. The van der Waals surface area contributed by atoms with Crippen molar-refractivity contribution in [2.75, 3.05) is 7.11 Å². The topological polar surface area (TPSA) is 77.2 Å². The lowest BCUT2D eigenvalue weighted by Gasteiger charge is -2.18. The molecule has 146 valence electrons. The second-order valence-corrected chi connectivity index (χ2v) is 8.24. The van der Waals surface area contributed by atoms with E-state index in [4.69, 9.17) is 9.15 Å². The molecule has 1 atom stereocenters. The van der Waals surface area contributed by atoms with Crippen LogP contribution >= 0.6 is 11.8 Å². The molecule has 3 rings (SSSR count). The Morgan fingerprint density at radius 1 is 1.22 bits per heavy atom. The van der Waals surface area contributed by atoms with Gasteiger partial charge in [0.1, 0.15) is 5.75 Å². The maximum Gasteiger partial charge on any atom is 0.277 e. The first-order valence-corrected chi connectivity index (χ1v) is 10.4. The van der Waals surface area contributed by atoms with E-state index in [0.29, 0.717) is 23.6 Å². The Balaban J connectivity index is 1.50. The van der Waals surface area contributed by atoms with Crippen LogP contribution in [-0.2, 0) is 11.2 Å². The molecule has 1 saturated carbocycles. The maximum absolute atomic E-state index is 12.5. The van der Waals surface area contributed by atoms with Crippen molar-refractivity contribution in [2.45, 2.75) is 68.4 Å². The molecule has 1 aliphatic carbocycles. The fourth-order valence-corrected chi connectivity index (χ4v) is 3.93. The number of carbonyl (C=O) groups is 1. The van der Waals surface area contributed by atoms with Crippen LogP contribution in [0.5, 0.6) is 5.75 Å². The third-order valence-corrected chi connectivity index (χ3v) is 5.75. The van der Waals surface area contributed by atoms with Crippen molar-refractivity contribution in [3.05, 3.63) is 35.7 Å². The number of nitrogens with zero attached hydrogens (tertiary/aromatic N) is 2. The lowest BCUT2D eigenvalue weighted by atomic mass is 10.1. The molecule has 1 amide bonds. The standard InChI is InChI=1S/C20H27N3O3S/c1-14(19(24)21-16-7-5-3-4-6-8-16)27-20-23-22-18(26-20)13-15-9-11-17(25-2)12-10-15/h9-12,14,16H,3-8,13H2,1-2H3,(H,21,24)/t14-/m0/s1. The smallest absolute Gasteiger partial charge is 0.277 e. The molecule has 1 aliphatic rings. The highest BCUT2D eigenvalue weighted by molar-refractivity contribution is 8.00. The summed E-state index contributed by atoms with van der Waals surface area (Å²) < 4.78 is 10.9. The van der Waals surface area contributed by atoms with Crippen LogP contribution in [0.25, 0.3) is 0 Å². The molecule has 6 nitrogen and oxygen atoms in total. The number of methoxy groups -OCH3 is 1. The van der Waals surface area contributed by atoms with E-state index in [1.807, 2.05) is 31.2 Å². The minimum Gasteiger partial charge on any atom is -0.497 e. The van der Waals surface area contributed by atoms with E-state index in [9.17, 15) is 4.79 Å². The van der Waals surface area contributed by atoms with Gasteiger partial charge in [0.15, 0.2) is 0 Å². The van der Waals surface area contributed by atoms with E-state index in [2.05, 4.69) is 15.5 Å². The first kappa shape index (κ1) is 19.7. The lowest BCUT2D eigenvalue weighted by Crippen LogP contribution is -2.39. The zero-order valence-electron chi connectivity index (χ0n) is 15.9. The Kier molecular flexibility index (Phi) is 7.15. The monoisotopic (exact) mass is 389 g/mol. The van der Waals surface area contributed by atoms with Gasteiger partial charge in [-0.2, -0.15) is 0 Å². The van der Waals surface area contributed by atoms with Crippen molar-refractivity contribution in [3.63, 3.8) is 0 Å². The van der Waals surface area contributed by atoms with Crippen LogP contribution in [0.4, 0.5) is 0 Å². The summed E-state index contributed by atoms with van der Waals surface area (Å²) in [5, 5.41) is 11.5. The summed E-state index contributed by atoms with van der Waals surface area (Å²) in [4.78, 5) is 12.5. The van der Waals surface area contributed by atoms with Crippen LogP contribution in [0.1, 0.15) is 56.9 Å². The van der Waals surface area contributed by atoms with Gasteiger partial charge in [-0.05, 0) is 37.5 Å². The molecule has 7 heteroatoms. The fourth-order valence-electron chi connectivity index (χ4n) is 3.22. The second kappa shape index (κ2) is 9.78. The first-order chi connectivity index (χ1) is 13.1. The Labute approximate surface area is 164 Å². The van der Waals surface area contributed by atoms with E-state index in [-0.39, 0.29) is 11.2 Å². The molecule has 27 heavy (non-hydrogen) atoms. The molecule has 1 aromatic carbocycles. The van der Waals surface area contributed by atoms with Gasteiger partial charge in [0, 0.05) is 6.04 Å². The van der Waals surface area contributed by atoms with Crippen molar-refractivity contribution in [3.8, 4) is 5.75 Å². The average Bonchev–Trinajstić information content (AvgIpc) is 2.95. The number of hydrogen-bond donors (Lipinski definition) is 1. The second-order valence-electron chi connectivity index (χ2n) is 6.94. The van der Waals surface area contributed by atoms with E-state index in [1.165, 1.54) is 37.4 Å². The maximum atomic E-state index is 12.5. The number of hydrogen-bond acceptors (Lipinski definition) is 6. The van der Waals surface area contributed by atoms with Crippen molar-refractivity contribution in [2.24, 2.45) is 0 Å². The molecule has 0 spiro atoms. The van der Waals surface area contributed by atoms with Crippen LogP contribution in [0.3, 0.4) is 0 Å². The molecule has 2 aromatic rings. The summed E-state index contributed by atoms with van der Waals surface area (Å²) in [5.74, 6) is 1.40. The zero-order valence-corrected chi connectivity index (χ0v) is 16.8. The fraction of sp³-hybridized carbons (Fsp3) is 0.550. The molecular formula is C20H27N3O3S. The highest BCUT2D eigenvalue weighted by Gasteiger charge is 2.22. The van der Waals surface area contributed by atoms with Crippen molar-refractivity contribution in [1.29, 1.82) is 0 Å². The van der Waals surface area contributed by atoms with Gasteiger partial charge in [-0.25, -0.2) is 0 Å². The van der Waals surface area contributed by atoms with Gasteiger partial charge >= 0.3 is 0 Å². The molecule has 0 unspecified atom stereocenters. The molecule has 0 saturated heterocycles. The molecule has 0 radical (unpaired) electrons. The number of rotatable bonds is 7. The normalized spacial score (nSPS) is 16.5. The van der Waals surface area contributed by atoms with Gasteiger partial charge in [-0.3, -0.25) is 4.79 Å². The minimum absolute atomic E-state index is 0.0433. The molecule has 1 aromatic heterocycles. The number of nitrogens with one attached hydrogen (secondary N) is 1. The van der Waals surface area contributed by atoms with Crippen molar-refractivity contribution >= 4 is 17.7 Å². The number of benzene rings is 1. The average molecular weight is 390 g/mol. The third-order valence-electron chi connectivity index (χ3n) is 4.81. The van der Waals surface area contributed by atoms with Gasteiger partial charge in [-0.15, -0.1) is 10.2 Å². The van der Waals surface area contributed by atoms with Crippen LogP contribution in [0.15, 0.2) is 33.9 Å². The number of carbonyl (C=O) groups excluding carboxylic acids is 1. The van der Waals surface area contributed by atoms with Crippen molar-refractivity contribution < 1.29 is 13.9 Å². The highest BCUT2D eigenvalue weighted by atomic mass is 32.2. The summed E-state index contributed by atoms with van der Waals surface area (Å²) in [6.45, 7) is 1.88.